The fourth-order valence-electron chi connectivity index (χ4n) is 4.04. The van der Waals surface area contributed by atoms with Crippen molar-refractivity contribution >= 4 is 11.7 Å². The Kier molecular flexibility index (Phi) is 5.32. The lowest BCUT2D eigenvalue weighted by molar-refractivity contribution is 0.206. The number of anilines is 1. The third-order valence-corrected chi connectivity index (χ3v) is 5.75. The van der Waals surface area contributed by atoms with Gasteiger partial charge in [0, 0.05) is 61.0 Å². The molecule has 2 aromatic heterocycles. The highest BCUT2D eigenvalue weighted by molar-refractivity contribution is 5.90. The average molecular weight is 410 g/mol. The van der Waals surface area contributed by atoms with E-state index in [1.165, 1.54) is 6.07 Å². The molecule has 0 spiro atoms. The molecule has 0 fully saturated rings. The van der Waals surface area contributed by atoms with E-state index in [9.17, 15) is 9.18 Å². The number of halogens is 1. The van der Waals surface area contributed by atoms with Crippen LogP contribution in [0.4, 0.5) is 14.9 Å². The van der Waals surface area contributed by atoms with Gasteiger partial charge in [-0.15, -0.1) is 0 Å². The number of carbonyl (C=O) groups is 1. The van der Waals surface area contributed by atoms with Gasteiger partial charge in [-0.2, -0.15) is 5.10 Å². The summed E-state index contributed by atoms with van der Waals surface area (Å²) in [5, 5.41) is 7.60. The monoisotopic (exact) mass is 410 g/mol. The van der Waals surface area contributed by atoms with Gasteiger partial charge in [0.1, 0.15) is 11.5 Å². The number of hydrogen-bond acceptors (Lipinski definition) is 3. The summed E-state index contributed by atoms with van der Waals surface area (Å²) in [6.45, 7) is 7.73. The molecule has 0 atom stereocenters. The van der Waals surface area contributed by atoms with Crippen LogP contribution in [0.25, 0.3) is 11.5 Å². The molecule has 158 valence electrons. The summed E-state index contributed by atoms with van der Waals surface area (Å²) in [5.74, 6) is 0.510. The van der Waals surface area contributed by atoms with Crippen LogP contribution in [0.5, 0.6) is 0 Å². The van der Waals surface area contributed by atoms with Gasteiger partial charge in [-0.1, -0.05) is 13.0 Å². The third-order valence-electron chi connectivity index (χ3n) is 5.75. The molecule has 0 bridgehead atoms. The smallest absolute Gasteiger partial charge is 0.322 e. The van der Waals surface area contributed by atoms with Crippen molar-refractivity contribution in [2.24, 2.45) is 7.05 Å². The van der Waals surface area contributed by atoms with Crippen LogP contribution in [-0.4, -0.2) is 36.8 Å². The lowest BCUT2D eigenvalue weighted by atomic mass is 10.0. The summed E-state index contributed by atoms with van der Waals surface area (Å²) in [6, 6.07) is 4.46. The molecule has 1 aliphatic heterocycles. The van der Waals surface area contributed by atoms with Gasteiger partial charge in [-0.05, 0) is 32.4 Å². The van der Waals surface area contributed by atoms with Crippen LogP contribution in [0.1, 0.15) is 35.9 Å². The fourth-order valence-corrected chi connectivity index (χ4v) is 4.04. The molecule has 3 aromatic rings. The van der Waals surface area contributed by atoms with Gasteiger partial charge >= 0.3 is 6.03 Å². The van der Waals surface area contributed by atoms with Crippen molar-refractivity contribution in [1.82, 2.24) is 24.2 Å². The predicted octanol–water partition coefficient (Wildman–Crippen LogP) is 4.04. The Labute approximate surface area is 175 Å². The zero-order valence-electron chi connectivity index (χ0n) is 17.9. The number of aromatic nitrogens is 4. The molecular weight excluding hydrogens is 383 g/mol. The minimum atomic E-state index is -0.332. The third kappa shape index (κ3) is 3.46. The number of rotatable bonds is 4. The Morgan fingerprint density at radius 1 is 1.30 bits per heavy atom. The van der Waals surface area contributed by atoms with Gasteiger partial charge < -0.3 is 14.8 Å². The largest absolute Gasteiger partial charge is 0.327 e. The highest BCUT2D eigenvalue weighted by Gasteiger charge is 2.29. The first-order chi connectivity index (χ1) is 14.4. The van der Waals surface area contributed by atoms with Gasteiger partial charge in [0.2, 0.25) is 0 Å². The number of fused-ring (bicyclic) bond motifs is 1. The van der Waals surface area contributed by atoms with Crippen molar-refractivity contribution in [3.8, 4) is 11.5 Å². The van der Waals surface area contributed by atoms with Crippen LogP contribution < -0.4 is 5.32 Å². The summed E-state index contributed by atoms with van der Waals surface area (Å²) in [5.41, 5.74) is 5.00. The lowest BCUT2D eigenvalue weighted by Crippen LogP contribution is -2.39. The normalized spacial score (nSPS) is 13.4. The van der Waals surface area contributed by atoms with E-state index in [-0.39, 0.29) is 11.8 Å². The van der Waals surface area contributed by atoms with Crippen LogP contribution in [0.15, 0.2) is 24.4 Å². The molecule has 3 heterocycles. The topological polar surface area (TPSA) is 68.0 Å². The van der Waals surface area contributed by atoms with E-state index in [2.05, 4.69) is 21.8 Å². The van der Waals surface area contributed by atoms with Crippen molar-refractivity contribution in [2.75, 3.05) is 11.9 Å². The first-order valence-corrected chi connectivity index (χ1v) is 10.3. The number of imidazole rings is 1. The van der Waals surface area contributed by atoms with Gasteiger partial charge in [-0.3, -0.25) is 4.68 Å². The molecule has 0 radical (unpaired) electrons. The van der Waals surface area contributed by atoms with Crippen LogP contribution in [-0.2, 0) is 26.6 Å². The lowest BCUT2D eigenvalue weighted by Gasteiger charge is -2.28. The second kappa shape index (κ2) is 7.93. The molecule has 30 heavy (non-hydrogen) atoms. The van der Waals surface area contributed by atoms with Crippen molar-refractivity contribution in [3.63, 3.8) is 0 Å². The molecule has 0 saturated carbocycles. The fraction of sp³-hybridized carbons (Fsp3) is 0.409. The number of aryl methyl sites for hydroxylation is 2. The number of nitrogens with one attached hydrogen (secondary N) is 1. The molecule has 8 heteroatoms. The summed E-state index contributed by atoms with van der Waals surface area (Å²) >= 11 is 0. The maximum absolute atomic E-state index is 13.8. The summed E-state index contributed by atoms with van der Waals surface area (Å²) in [4.78, 5) is 19.3. The predicted molar refractivity (Wildman–Crippen MR) is 114 cm³/mol. The summed E-state index contributed by atoms with van der Waals surface area (Å²) in [6.07, 6.45) is 3.58. The molecule has 1 aromatic carbocycles. The first kappa shape index (κ1) is 20.1. The Hall–Kier alpha value is -3.16. The quantitative estimate of drug-likeness (QED) is 0.706. The van der Waals surface area contributed by atoms with Crippen LogP contribution in [0.3, 0.4) is 0 Å². The SMILES string of the molecule is CCCn1c(C)cnc1-c1nn(C)c2c1CN(C(=O)Nc1cccc(F)c1C)CC2. The van der Waals surface area contributed by atoms with E-state index >= 15 is 0 Å². The zero-order chi connectivity index (χ0) is 21.4. The molecule has 7 nitrogen and oxygen atoms in total. The molecule has 0 aliphatic carbocycles. The Bertz CT molecular complexity index is 1100. The number of hydrogen-bond donors (Lipinski definition) is 1. The Morgan fingerprint density at radius 2 is 2.10 bits per heavy atom. The number of benzene rings is 1. The van der Waals surface area contributed by atoms with Gasteiger partial charge in [0.05, 0.1) is 6.54 Å². The zero-order valence-corrected chi connectivity index (χ0v) is 17.9. The van der Waals surface area contributed by atoms with Crippen molar-refractivity contribution in [3.05, 3.63) is 52.7 Å². The van der Waals surface area contributed by atoms with Crippen LogP contribution >= 0.6 is 0 Å². The van der Waals surface area contributed by atoms with Crippen molar-refractivity contribution in [2.45, 2.75) is 46.7 Å². The molecular formula is C22H27FN6O. The molecule has 0 saturated heterocycles. The van der Waals surface area contributed by atoms with E-state index in [1.54, 1.807) is 24.0 Å². The molecule has 2 amide bonds. The Morgan fingerprint density at radius 3 is 2.87 bits per heavy atom. The van der Waals surface area contributed by atoms with Gasteiger partial charge in [0.25, 0.3) is 0 Å². The molecule has 4 rings (SSSR count). The number of urea groups is 1. The van der Waals surface area contributed by atoms with Gasteiger partial charge in [0.15, 0.2) is 5.82 Å². The maximum atomic E-state index is 13.8. The Balaban J connectivity index is 1.62. The number of amides is 2. The second-order valence-corrected chi connectivity index (χ2v) is 7.79. The average Bonchev–Trinajstić information content (AvgIpc) is 3.25. The minimum absolute atomic E-state index is 0.239. The molecule has 0 unspecified atom stereocenters. The van der Waals surface area contributed by atoms with Crippen LogP contribution in [0, 0.1) is 19.7 Å². The standard InChI is InChI=1S/C22H27FN6O/c1-5-10-29-14(2)12-24-21(29)20-16-13-28(11-9-19(16)27(4)26-20)22(30)25-18-8-6-7-17(23)15(18)3/h6-8,12H,5,9-11,13H2,1-4H3,(H,25,30). The van der Waals surface area contributed by atoms with E-state index in [0.717, 1.165) is 41.4 Å². The van der Waals surface area contributed by atoms with Gasteiger partial charge in [-0.25, -0.2) is 14.2 Å². The summed E-state index contributed by atoms with van der Waals surface area (Å²) < 4.78 is 17.9. The number of carbonyl (C=O) groups excluding carboxylic acids is 1. The van der Waals surface area contributed by atoms with Crippen molar-refractivity contribution < 1.29 is 9.18 Å². The maximum Gasteiger partial charge on any atom is 0.322 e. The summed E-state index contributed by atoms with van der Waals surface area (Å²) in [7, 11) is 1.94. The highest BCUT2D eigenvalue weighted by atomic mass is 19.1. The molecule has 1 N–H and O–H groups in total. The van der Waals surface area contributed by atoms with E-state index in [4.69, 9.17) is 5.10 Å². The van der Waals surface area contributed by atoms with E-state index in [0.29, 0.717) is 30.8 Å². The van der Waals surface area contributed by atoms with E-state index in [1.807, 2.05) is 24.9 Å². The first-order valence-electron chi connectivity index (χ1n) is 10.3. The van der Waals surface area contributed by atoms with Crippen LogP contribution in [0.2, 0.25) is 0 Å². The number of nitrogens with zero attached hydrogens (tertiary/aromatic N) is 5. The minimum Gasteiger partial charge on any atom is -0.327 e. The molecule has 1 aliphatic rings. The second-order valence-electron chi connectivity index (χ2n) is 7.79. The highest BCUT2D eigenvalue weighted by Crippen LogP contribution is 2.30. The van der Waals surface area contributed by atoms with Crippen molar-refractivity contribution in [1.29, 1.82) is 0 Å². The van der Waals surface area contributed by atoms with E-state index < -0.39 is 0 Å².